The number of nitrogens with zero attached hydrogens (tertiary/aromatic N) is 6. The zero-order valence-corrected chi connectivity index (χ0v) is 17.2. The lowest BCUT2D eigenvalue weighted by Crippen LogP contribution is -2.42. The lowest BCUT2D eigenvalue weighted by molar-refractivity contribution is -0.136. The molecule has 2 atom stereocenters. The van der Waals surface area contributed by atoms with Crippen molar-refractivity contribution in [3.05, 3.63) is 34.7 Å². The Morgan fingerprint density at radius 1 is 1.30 bits per heavy atom. The van der Waals surface area contributed by atoms with Crippen molar-refractivity contribution in [2.45, 2.75) is 53.0 Å². The number of aryl methyl sites for hydroxylation is 3. The number of piperidine rings is 1. The summed E-state index contributed by atoms with van der Waals surface area (Å²) in [7, 11) is 0. The van der Waals surface area contributed by atoms with Crippen molar-refractivity contribution < 1.29 is 4.79 Å². The Labute approximate surface area is 163 Å². The number of aromatic nitrogens is 5. The van der Waals surface area contributed by atoms with E-state index in [4.69, 9.17) is 4.98 Å². The van der Waals surface area contributed by atoms with E-state index in [-0.39, 0.29) is 11.8 Å². The van der Waals surface area contributed by atoms with Gasteiger partial charge in [-0.2, -0.15) is 5.10 Å². The van der Waals surface area contributed by atoms with E-state index in [1.165, 1.54) is 4.83 Å². The van der Waals surface area contributed by atoms with Crippen LogP contribution in [0.1, 0.15) is 48.9 Å². The molecule has 7 nitrogen and oxygen atoms in total. The minimum absolute atomic E-state index is 0.117. The highest BCUT2D eigenvalue weighted by molar-refractivity contribution is 7.15. The number of amides is 1. The third kappa shape index (κ3) is 3.38. The van der Waals surface area contributed by atoms with Gasteiger partial charge in [0.15, 0.2) is 0 Å². The highest BCUT2D eigenvalue weighted by Crippen LogP contribution is 2.32. The molecule has 1 saturated heterocycles. The van der Waals surface area contributed by atoms with Crippen LogP contribution in [0.2, 0.25) is 0 Å². The van der Waals surface area contributed by atoms with Gasteiger partial charge in [0.1, 0.15) is 22.3 Å². The Morgan fingerprint density at radius 2 is 2.11 bits per heavy atom. The number of hydrogen-bond acceptors (Lipinski definition) is 5. The molecule has 27 heavy (non-hydrogen) atoms. The van der Waals surface area contributed by atoms with Crippen molar-refractivity contribution in [1.82, 2.24) is 29.0 Å². The molecular formula is C19H26N6OS. The Hall–Kier alpha value is -2.22. The summed E-state index contributed by atoms with van der Waals surface area (Å²) < 4.78 is 3.99. The first kappa shape index (κ1) is 18.2. The zero-order valence-electron chi connectivity index (χ0n) is 16.3. The van der Waals surface area contributed by atoms with E-state index in [0.717, 1.165) is 49.1 Å². The van der Waals surface area contributed by atoms with Gasteiger partial charge in [-0.1, -0.05) is 6.92 Å². The molecule has 0 bridgehead atoms. The molecule has 0 N–H and O–H groups in total. The van der Waals surface area contributed by atoms with Crippen molar-refractivity contribution in [1.29, 1.82) is 0 Å². The van der Waals surface area contributed by atoms with Crippen molar-refractivity contribution in [3.8, 4) is 0 Å². The summed E-state index contributed by atoms with van der Waals surface area (Å²) >= 11 is 1.73. The fourth-order valence-corrected chi connectivity index (χ4v) is 5.00. The van der Waals surface area contributed by atoms with E-state index in [0.29, 0.717) is 12.5 Å². The summed E-state index contributed by atoms with van der Waals surface area (Å²) in [5.74, 6) is 3.03. The largest absolute Gasteiger partial charge is 0.342 e. The van der Waals surface area contributed by atoms with Gasteiger partial charge in [-0.25, -0.2) is 14.6 Å². The van der Waals surface area contributed by atoms with Crippen LogP contribution < -0.4 is 0 Å². The van der Waals surface area contributed by atoms with Crippen LogP contribution in [0.3, 0.4) is 0 Å². The third-order valence-electron chi connectivity index (χ3n) is 5.41. The number of rotatable bonds is 4. The highest BCUT2D eigenvalue weighted by Gasteiger charge is 2.30. The van der Waals surface area contributed by atoms with Crippen molar-refractivity contribution in [2.24, 2.45) is 5.92 Å². The SMILES string of the molecule is Cc1nc(C)n(C[C@@H](C)C(=O)N2CCC[C@@H](c3nc(C)n4ccsc34)C2)n1. The van der Waals surface area contributed by atoms with Crippen LogP contribution >= 0.6 is 11.3 Å². The molecule has 4 rings (SSSR count). The van der Waals surface area contributed by atoms with Crippen LogP contribution in [-0.4, -0.2) is 48.0 Å². The maximum atomic E-state index is 13.1. The van der Waals surface area contributed by atoms with Crippen LogP contribution in [0.15, 0.2) is 11.6 Å². The first-order valence-corrected chi connectivity index (χ1v) is 10.4. The maximum absolute atomic E-state index is 13.1. The summed E-state index contributed by atoms with van der Waals surface area (Å²) in [5, 5.41) is 6.50. The van der Waals surface area contributed by atoms with E-state index in [9.17, 15) is 4.79 Å². The van der Waals surface area contributed by atoms with Crippen LogP contribution in [0, 0.1) is 26.7 Å². The third-order valence-corrected chi connectivity index (χ3v) is 6.30. The number of fused-ring (bicyclic) bond motifs is 1. The summed E-state index contributed by atoms with van der Waals surface area (Å²) in [6.07, 6.45) is 4.18. The van der Waals surface area contributed by atoms with Gasteiger partial charge < -0.3 is 4.90 Å². The van der Waals surface area contributed by atoms with Crippen molar-refractivity contribution in [2.75, 3.05) is 13.1 Å². The van der Waals surface area contributed by atoms with Gasteiger partial charge in [-0.3, -0.25) is 9.20 Å². The van der Waals surface area contributed by atoms with E-state index in [1.807, 2.05) is 37.3 Å². The molecule has 0 radical (unpaired) electrons. The molecule has 0 aliphatic carbocycles. The average molecular weight is 387 g/mol. The molecular weight excluding hydrogens is 360 g/mol. The summed E-state index contributed by atoms with van der Waals surface area (Å²) in [4.78, 5) is 25.4. The predicted octanol–water partition coefficient (Wildman–Crippen LogP) is 2.95. The van der Waals surface area contributed by atoms with Gasteiger partial charge in [-0.05, 0) is 33.6 Å². The lowest BCUT2D eigenvalue weighted by Gasteiger charge is -2.33. The second-order valence-electron chi connectivity index (χ2n) is 7.54. The zero-order chi connectivity index (χ0) is 19.1. The lowest BCUT2D eigenvalue weighted by atomic mass is 9.94. The molecule has 1 aliphatic rings. The molecule has 3 aromatic rings. The number of likely N-dealkylation sites (tertiary alicyclic amines) is 1. The first-order valence-electron chi connectivity index (χ1n) is 9.53. The molecule has 1 aliphatic heterocycles. The molecule has 144 valence electrons. The standard InChI is InChI=1S/C19H26N6OS/c1-12(10-25-15(4)20-13(2)22-25)18(26)23-7-5-6-16(11-23)17-19-24(8-9-27-19)14(3)21-17/h8-9,12,16H,5-7,10-11H2,1-4H3/t12-,16-/m1/s1. The monoisotopic (exact) mass is 386 g/mol. The molecule has 0 spiro atoms. The molecule has 0 aromatic carbocycles. The Balaban J connectivity index is 1.48. The minimum atomic E-state index is -0.117. The van der Waals surface area contributed by atoms with Crippen molar-refractivity contribution >= 4 is 22.1 Å². The molecule has 1 amide bonds. The van der Waals surface area contributed by atoms with Gasteiger partial charge in [0, 0.05) is 30.6 Å². The van der Waals surface area contributed by atoms with Crippen LogP contribution in [0.4, 0.5) is 0 Å². The molecule has 1 fully saturated rings. The summed E-state index contributed by atoms with van der Waals surface area (Å²) in [5.41, 5.74) is 1.15. The topological polar surface area (TPSA) is 68.3 Å². The van der Waals surface area contributed by atoms with Crippen LogP contribution in [0.25, 0.3) is 4.83 Å². The average Bonchev–Trinajstić information content (AvgIpc) is 3.32. The van der Waals surface area contributed by atoms with Gasteiger partial charge in [0.25, 0.3) is 0 Å². The van der Waals surface area contributed by atoms with E-state index < -0.39 is 0 Å². The van der Waals surface area contributed by atoms with Gasteiger partial charge in [0.2, 0.25) is 5.91 Å². The summed E-state index contributed by atoms with van der Waals surface area (Å²) in [6, 6.07) is 0. The quantitative estimate of drug-likeness (QED) is 0.691. The van der Waals surface area contributed by atoms with Crippen LogP contribution in [-0.2, 0) is 11.3 Å². The van der Waals surface area contributed by atoms with Gasteiger partial charge >= 0.3 is 0 Å². The molecule has 3 aromatic heterocycles. The molecule has 0 unspecified atom stereocenters. The Morgan fingerprint density at radius 3 is 2.85 bits per heavy atom. The molecule has 8 heteroatoms. The van der Waals surface area contributed by atoms with Gasteiger partial charge in [0.05, 0.1) is 18.2 Å². The fraction of sp³-hybridized carbons (Fsp3) is 0.579. The van der Waals surface area contributed by atoms with E-state index in [1.54, 1.807) is 11.3 Å². The molecule has 4 heterocycles. The Kier molecular flexibility index (Phi) is 4.75. The number of carbonyl (C=O) groups excluding carboxylic acids is 1. The second kappa shape index (κ2) is 7.07. The predicted molar refractivity (Wildman–Crippen MR) is 105 cm³/mol. The first-order chi connectivity index (χ1) is 12.9. The van der Waals surface area contributed by atoms with E-state index >= 15 is 0 Å². The maximum Gasteiger partial charge on any atom is 0.227 e. The van der Waals surface area contributed by atoms with Crippen molar-refractivity contribution in [3.63, 3.8) is 0 Å². The second-order valence-corrected chi connectivity index (χ2v) is 8.43. The number of hydrogen-bond donors (Lipinski definition) is 0. The number of carbonyl (C=O) groups is 1. The fourth-order valence-electron chi connectivity index (χ4n) is 4.04. The normalized spacial score (nSPS) is 19.0. The van der Waals surface area contributed by atoms with E-state index in [2.05, 4.69) is 26.1 Å². The smallest absolute Gasteiger partial charge is 0.227 e. The minimum Gasteiger partial charge on any atom is -0.342 e. The number of thiazole rings is 1. The number of imidazole rings is 1. The van der Waals surface area contributed by atoms with Gasteiger partial charge in [-0.15, -0.1) is 11.3 Å². The Bertz CT molecular complexity index is 970. The van der Waals surface area contributed by atoms with Crippen LogP contribution in [0.5, 0.6) is 0 Å². The summed E-state index contributed by atoms with van der Waals surface area (Å²) in [6.45, 7) is 9.99. The molecule has 0 saturated carbocycles. The highest BCUT2D eigenvalue weighted by atomic mass is 32.1.